The number of nitrogens with one attached hydrogen (secondary N) is 1. The Morgan fingerprint density at radius 1 is 1.00 bits per heavy atom. The number of anilines is 1. The van der Waals surface area contributed by atoms with Gasteiger partial charge in [0.2, 0.25) is 0 Å². The molecule has 1 fully saturated rings. The summed E-state index contributed by atoms with van der Waals surface area (Å²) in [7, 11) is 0. The van der Waals surface area contributed by atoms with E-state index in [-0.39, 0.29) is 0 Å². The molecule has 1 aliphatic carbocycles. The number of aryl methyl sites for hydroxylation is 1. The minimum absolute atomic E-state index is 0.560. The standard InChI is InChI=1S/C15H18N2.C4H8/c1-10(2)11-5-6-12-8-13-4-3-7-16-15(13)17-14(12)9-11;1-2-4-3-1/h5-6,8-10H,3-4,7H2,1-2H3,(H,16,17);1-4H2. The normalized spacial score (nSPS) is 16.5. The molecule has 21 heavy (non-hydrogen) atoms. The number of pyridine rings is 1. The van der Waals surface area contributed by atoms with Crippen molar-refractivity contribution in [3.8, 4) is 0 Å². The molecule has 1 N–H and O–H groups in total. The zero-order valence-electron chi connectivity index (χ0n) is 13.3. The lowest BCUT2D eigenvalue weighted by molar-refractivity contribution is 0.504. The molecule has 1 aromatic carbocycles. The number of fused-ring (bicyclic) bond motifs is 2. The number of benzene rings is 1. The van der Waals surface area contributed by atoms with Crippen molar-refractivity contribution >= 4 is 16.7 Å². The average molecular weight is 282 g/mol. The van der Waals surface area contributed by atoms with E-state index in [0.717, 1.165) is 24.3 Å². The third kappa shape index (κ3) is 3.37. The maximum Gasteiger partial charge on any atom is 0.129 e. The van der Waals surface area contributed by atoms with Gasteiger partial charge in [-0.05, 0) is 42.0 Å². The first kappa shape index (κ1) is 14.4. The van der Waals surface area contributed by atoms with Crippen LogP contribution in [0, 0.1) is 0 Å². The molecule has 2 aromatic rings. The van der Waals surface area contributed by atoms with Gasteiger partial charge in [0.15, 0.2) is 0 Å². The third-order valence-electron chi connectivity index (χ3n) is 4.50. The molecule has 0 atom stereocenters. The van der Waals surface area contributed by atoms with Crippen LogP contribution in [0.2, 0.25) is 0 Å². The number of nitrogens with zero attached hydrogens (tertiary/aromatic N) is 1. The van der Waals surface area contributed by atoms with Gasteiger partial charge in [0, 0.05) is 11.9 Å². The summed E-state index contributed by atoms with van der Waals surface area (Å²) in [5, 5.41) is 4.65. The highest BCUT2D eigenvalue weighted by Crippen LogP contribution is 2.26. The van der Waals surface area contributed by atoms with Crippen LogP contribution in [0.3, 0.4) is 0 Å². The first-order chi connectivity index (χ1) is 10.2. The molecule has 2 heteroatoms. The quantitative estimate of drug-likeness (QED) is 0.770. The van der Waals surface area contributed by atoms with Crippen molar-refractivity contribution < 1.29 is 0 Å². The van der Waals surface area contributed by atoms with E-state index < -0.39 is 0 Å². The molecule has 0 bridgehead atoms. The van der Waals surface area contributed by atoms with Crippen LogP contribution < -0.4 is 5.32 Å². The second-order valence-electron chi connectivity index (χ2n) is 6.55. The molecular weight excluding hydrogens is 256 g/mol. The van der Waals surface area contributed by atoms with E-state index >= 15 is 0 Å². The van der Waals surface area contributed by atoms with Crippen LogP contribution in [0.25, 0.3) is 10.9 Å². The topological polar surface area (TPSA) is 24.9 Å². The maximum atomic E-state index is 4.75. The fourth-order valence-electron chi connectivity index (χ4n) is 2.67. The Balaban J connectivity index is 0.000000287. The molecule has 2 aliphatic rings. The van der Waals surface area contributed by atoms with Gasteiger partial charge in [-0.3, -0.25) is 0 Å². The fraction of sp³-hybridized carbons (Fsp3) is 0.526. The minimum Gasteiger partial charge on any atom is -0.370 e. The van der Waals surface area contributed by atoms with Crippen molar-refractivity contribution in [3.63, 3.8) is 0 Å². The lowest BCUT2D eigenvalue weighted by Crippen LogP contribution is -2.13. The Bertz CT molecular complexity index is 608. The van der Waals surface area contributed by atoms with Crippen LogP contribution >= 0.6 is 0 Å². The number of aromatic nitrogens is 1. The Kier molecular flexibility index (Phi) is 4.42. The molecule has 2 nitrogen and oxygen atoms in total. The molecule has 4 rings (SSSR count). The predicted molar refractivity (Wildman–Crippen MR) is 91.1 cm³/mol. The second kappa shape index (κ2) is 6.46. The molecule has 0 unspecified atom stereocenters. The van der Waals surface area contributed by atoms with E-state index in [1.807, 2.05) is 0 Å². The van der Waals surface area contributed by atoms with Gasteiger partial charge in [-0.2, -0.15) is 0 Å². The van der Waals surface area contributed by atoms with E-state index in [0.29, 0.717) is 5.92 Å². The van der Waals surface area contributed by atoms with Crippen molar-refractivity contribution in [2.45, 2.75) is 58.3 Å². The van der Waals surface area contributed by atoms with Gasteiger partial charge in [-0.25, -0.2) is 4.98 Å². The monoisotopic (exact) mass is 282 g/mol. The smallest absolute Gasteiger partial charge is 0.129 e. The summed E-state index contributed by atoms with van der Waals surface area (Å²) < 4.78 is 0. The van der Waals surface area contributed by atoms with Crippen LogP contribution in [0.4, 0.5) is 5.82 Å². The van der Waals surface area contributed by atoms with Crippen molar-refractivity contribution in [1.82, 2.24) is 4.98 Å². The highest BCUT2D eigenvalue weighted by Gasteiger charge is 2.11. The van der Waals surface area contributed by atoms with Crippen LogP contribution in [0.5, 0.6) is 0 Å². The van der Waals surface area contributed by atoms with Crippen LogP contribution in [-0.2, 0) is 6.42 Å². The van der Waals surface area contributed by atoms with Gasteiger partial charge in [0.05, 0.1) is 5.52 Å². The molecule has 0 saturated heterocycles. The summed E-state index contributed by atoms with van der Waals surface area (Å²) in [6, 6.07) is 8.92. The molecule has 112 valence electrons. The number of rotatable bonds is 1. The van der Waals surface area contributed by atoms with Crippen LogP contribution in [-0.4, -0.2) is 11.5 Å². The van der Waals surface area contributed by atoms with Gasteiger partial charge in [-0.15, -0.1) is 0 Å². The summed E-state index contributed by atoms with van der Waals surface area (Å²) >= 11 is 0. The number of hydrogen-bond acceptors (Lipinski definition) is 2. The van der Waals surface area contributed by atoms with Crippen LogP contribution in [0.15, 0.2) is 24.3 Å². The lowest BCUT2D eigenvalue weighted by Gasteiger charge is -2.17. The van der Waals surface area contributed by atoms with Gasteiger partial charge in [0.1, 0.15) is 5.82 Å². The lowest BCUT2D eigenvalue weighted by atomic mass is 9.99. The van der Waals surface area contributed by atoms with E-state index in [9.17, 15) is 0 Å². The van der Waals surface area contributed by atoms with Gasteiger partial charge in [0.25, 0.3) is 0 Å². The van der Waals surface area contributed by atoms with E-state index in [1.165, 1.54) is 48.6 Å². The minimum atomic E-state index is 0.560. The SMILES string of the molecule is C1CCC1.CC(C)c1ccc2cc3c(nc2c1)NCCC3. The van der Waals surface area contributed by atoms with Gasteiger partial charge in [-0.1, -0.05) is 51.7 Å². The molecule has 1 saturated carbocycles. The Labute approximate surface area is 128 Å². The molecule has 0 spiro atoms. The molecule has 1 aliphatic heterocycles. The maximum absolute atomic E-state index is 4.75. The van der Waals surface area contributed by atoms with Gasteiger partial charge >= 0.3 is 0 Å². The van der Waals surface area contributed by atoms with Crippen molar-refractivity contribution in [2.75, 3.05) is 11.9 Å². The van der Waals surface area contributed by atoms with Crippen molar-refractivity contribution in [3.05, 3.63) is 35.4 Å². The first-order valence-corrected chi connectivity index (χ1v) is 8.41. The third-order valence-corrected chi connectivity index (χ3v) is 4.50. The Morgan fingerprint density at radius 3 is 2.43 bits per heavy atom. The highest BCUT2D eigenvalue weighted by molar-refractivity contribution is 5.82. The zero-order chi connectivity index (χ0) is 14.7. The Morgan fingerprint density at radius 2 is 1.76 bits per heavy atom. The molecule has 1 aromatic heterocycles. The second-order valence-corrected chi connectivity index (χ2v) is 6.55. The first-order valence-electron chi connectivity index (χ1n) is 8.41. The fourth-order valence-corrected chi connectivity index (χ4v) is 2.67. The molecule has 2 heterocycles. The summed E-state index contributed by atoms with van der Waals surface area (Å²) in [4.78, 5) is 4.75. The summed E-state index contributed by atoms with van der Waals surface area (Å²) in [5.41, 5.74) is 3.84. The van der Waals surface area contributed by atoms with Gasteiger partial charge < -0.3 is 5.32 Å². The summed E-state index contributed by atoms with van der Waals surface area (Å²) in [6.07, 6.45) is 8.36. The summed E-state index contributed by atoms with van der Waals surface area (Å²) in [5.74, 6) is 1.65. The molecular formula is C19H26N2. The van der Waals surface area contributed by atoms with E-state index in [2.05, 4.69) is 43.4 Å². The molecule has 0 amide bonds. The predicted octanol–water partition coefficient (Wildman–Crippen LogP) is 5.28. The number of hydrogen-bond donors (Lipinski definition) is 1. The Hall–Kier alpha value is -1.57. The summed E-state index contributed by atoms with van der Waals surface area (Å²) in [6.45, 7) is 5.49. The van der Waals surface area contributed by atoms with Crippen LogP contribution in [0.1, 0.15) is 63.0 Å². The van der Waals surface area contributed by atoms with E-state index in [1.54, 1.807) is 0 Å². The zero-order valence-corrected chi connectivity index (χ0v) is 13.3. The molecule has 0 radical (unpaired) electrons. The van der Waals surface area contributed by atoms with Crippen molar-refractivity contribution in [2.24, 2.45) is 0 Å². The average Bonchev–Trinajstić information content (AvgIpc) is 2.42. The largest absolute Gasteiger partial charge is 0.370 e. The van der Waals surface area contributed by atoms with Crippen molar-refractivity contribution in [1.29, 1.82) is 0 Å². The van der Waals surface area contributed by atoms with E-state index in [4.69, 9.17) is 4.98 Å². The highest BCUT2D eigenvalue weighted by atomic mass is 15.0.